The van der Waals surface area contributed by atoms with Crippen LogP contribution in [0.25, 0.3) is 0 Å². The molecule has 0 radical (unpaired) electrons. The molecular formula is C26H27N3O6. The predicted molar refractivity (Wildman–Crippen MR) is 131 cm³/mol. The number of nitrogens with one attached hydrogen (secondary N) is 1. The molecule has 3 aromatic rings. The number of primary amides is 1. The minimum atomic E-state index is -0.594. The van der Waals surface area contributed by atoms with E-state index >= 15 is 0 Å². The number of hydrogen-bond acceptors (Lipinski definition) is 7. The summed E-state index contributed by atoms with van der Waals surface area (Å²) in [6.07, 6.45) is 1.46. The molecule has 0 aliphatic rings. The Morgan fingerprint density at radius 1 is 0.914 bits per heavy atom. The summed E-state index contributed by atoms with van der Waals surface area (Å²) in [5.74, 6) is 0.770. The van der Waals surface area contributed by atoms with Crippen LogP contribution in [0.1, 0.15) is 28.4 Å². The molecule has 0 bridgehead atoms. The molecule has 0 heterocycles. The topological polar surface area (TPSA) is 121 Å². The van der Waals surface area contributed by atoms with Crippen molar-refractivity contribution in [2.45, 2.75) is 13.5 Å². The van der Waals surface area contributed by atoms with Crippen molar-refractivity contribution in [3.8, 4) is 23.0 Å². The third-order valence-corrected chi connectivity index (χ3v) is 4.68. The number of ether oxygens (including phenoxy) is 4. The zero-order chi connectivity index (χ0) is 25.0. The molecule has 0 fully saturated rings. The molecule has 9 heteroatoms. The second-order valence-electron chi connectivity index (χ2n) is 7.23. The summed E-state index contributed by atoms with van der Waals surface area (Å²) < 4.78 is 22.1. The van der Waals surface area contributed by atoms with E-state index in [0.29, 0.717) is 47.3 Å². The minimum Gasteiger partial charge on any atom is -0.493 e. The Morgan fingerprint density at radius 3 is 2.37 bits per heavy atom. The molecule has 35 heavy (non-hydrogen) atoms. The lowest BCUT2D eigenvalue weighted by Gasteiger charge is -2.13. The standard InChI is InChI=1S/C26H27N3O6/c1-3-33-24-14-20(10-12-22(24)34-16-18-7-5-4-6-8-18)26(31)29-28-15-19-9-11-21(23(13-19)32-2)35-17-25(27)30/h4-15H,3,16-17H2,1-2H3,(H2,27,30)(H,29,31)/b28-15+. The first-order valence-corrected chi connectivity index (χ1v) is 10.9. The third-order valence-electron chi connectivity index (χ3n) is 4.68. The Kier molecular flexibility index (Phi) is 9.07. The maximum atomic E-state index is 12.6. The van der Waals surface area contributed by atoms with Gasteiger partial charge in [-0.3, -0.25) is 9.59 Å². The van der Waals surface area contributed by atoms with Gasteiger partial charge in [-0.05, 0) is 54.4 Å². The molecule has 0 aromatic heterocycles. The SMILES string of the molecule is CCOc1cc(C(=O)N/N=C/c2ccc(OCC(N)=O)c(OC)c2)ccc1OCc1ccccc1. The average Bonchev–Trinajstić information content (AvgIpc) is 2.87. The Morgan fingerprint density at radius 2 is 1.66 bits per heavy atom. The molecule has 2 amide bonds. The van der Waals surface area contributed by atoms with Crippen LogP contribution < -0.4 is 30.1 Å². The maximum Gasteiger partial charge on any atom is 0.271 e. The van der Waals surface area contributed by atoms with Crippen molar-refractivity contribution in [1.29, 1.82) is 0 Å². The van der Waals surface area contributed by atoms with Gasteiger partial charge in [0.25, 0.3) is 11.8 Å². The number of methoxy groups -OCH3 is 1. The van der Waals surface area contributed by atoms with E-state index in [9.17, 15) is 9.59 Å². The van der Waals surface area contributed by atoms with Gasteiger partial charge in [0.1, 0.15) is 6.61 Å². The number of nitrogens with two attached hydrogens (primary N) is 1. The highest BCUT2D eigenvalue weighted by molar-refractivity contribution is 5.95. The number of hydrazone groups is 1. The highest BCUT2D eigenvalue weighted by Gasteiger charge is 2.12. The quantitative estimate of drug-likeness (QED) is 0.305. The molecule has 9 nitrogen and oxygen atoms in total. The Hall–Kier alpha value is -4.53. The Labute approximate surface area is 203 Å². The van der Waals surface area contributed by atoms with Crippen LogP contribution in [0.3, 0.4) is 0 Å². The lowest BCUT2D eigenvalue weighted by Crippen LogP contribution is -2.20. The molecule has 0 atom stereocenters. The van der Waals surface area contributed by atoms with Crippen molar-refractivity contribution < 1.29 is 28.5 Å². The lowest BCUT2D eigenvalue weighted by molar-refractivity contribution is -0.119. The molecule has 0 aliphatic carbocycles. The van der Waals surface area contributed by atoms with Gasteiger partial charge in [0.15, 0.2) is 29.6 Å². The Bertz CT molecular complexity index is 1180. The summed E-state index contributed by atoms with van der Waals surface area (Å²) in [6.45, 7) is 2.40. The summed E-state index contributed by atoms with van der Waals surface area (Å²) in [4.78, 5) is 23.5. The highest BCUT2D eigenvalue weighted by Crippen LogP contribution is 2.30. The second kappa shape index (κ2) is 12.6. The molecule has 182 valence electrons. The first kappa shape index (κ1) is 25.1. The molecule has 3 rings (SSSR count). The molecule has 0 saturated carbocycles. The molecule has 0 saturated heterocycles. The fourth-order valence-electron chi connectivity index (χ4n) is 3.03. The van der Waals surface area contributed by atoms with Crippen molar-refractivity contribution in [2.24, 2.45) is 10.8 Å². The zero-order valence-electron chi connectivity index (χ0n) is 19.5. The fourth-order valence-corrected chi connectivity index (χ4v) is 3.03. The van der Waals surface area contributed by atoms with Crippen molar-refractivity contribution in [3.05, 3.63) is 83.4 Å². The first-order chi connectivity index (χ1) is 17.0. The largest absolute Gasteiger partial charge is 0.493 e. The van der Waals surface area contributed by atoms with E-state index in [1.807, 2.05) is 37.3 Å². The van der Waals surface area contributed by atoms with Crippen LogP contribution in [0, 0.1) is 0 Å². The fraction of sp³-hybridized carbons (Fsp3) is 0.192. The van der Waals surface area contributed by atoms with E-state index in [0.717, 1.165) is 5.56 Å². The number of carbonyl (C=O) groups is 2. The van der Waals surface area contributed by atoms with E-state index in [1.165, 1.54) is 13.3 Å². The number of carbonyl (C=O) groups excluding carboxylic acids is 2. The van der Waals surface area contributed by atoms with Crippen LogP contribution in [0.15, 0.2) is 71.8 Å². The highest BCUT2D eigenvalue weighted by atomic mass is 16.5. The second-order valence-corrected chi connectivity index (χ2v) is 7.23. The van der Waals surface area contributed by atoms with E-state index in [4.69, 9.17) is 24.7 Å². The van der Waals surface area contributed by atoms with Crippen LogP contribution in [-0.4, -0.2) is 38.4 Å². The van der Waals surface area contributed by atoms with Crippen molar-refractivity contribution >= 4 is 18.0 Å². The van der Waals surface area contributed by atoms with Gasteiger partial charge in [-0.15, -0.1) is 0 Å². The molecule has 0 unspecified atom stereocenters. The van der Waals surface area contributed by atoms with Crippen LogP contribution in [-0.2, 0) is 11.4 Å². The number of benzene rings is 3. The van der Waals surface area contributed by atoms with E-state index < -0.39 is 11.8 Å². The molecule has 0 aliphatic heterocycles. The molecule has 3 N–H and O–H groups in total. The summed E-state index contributed by atoms with van der Waals surface area (Å²) in [5.41, 5.74) is 9.62. The van der Waals surface area contributed by atoms with Gasteiger partial charge >= 0.3 is 0 Å². The van der Waals surface area contributed by atoms with Gasteiger partial charge in [-0.2, -0.15) is 5.10 Å². The van der Waals surface area contributed by atoms with Crippen molar-refractivity contribution in [2.75, 3.05) is 20.3 Å². The summed E-state index contributed by atoms with van der Waals surface area (Å²) >= 11 is 0. The van der Waals surface area contributed by atoms with Gasteiger partial charge in [-0.25, -0.2) is 5.43 Å². The van der Waals surface area contributed by atoms with Gasteiger partial charge in [-0.1, -0.05) is 30.3 Å². The van der Waals surface area contributed by atoms with Crippen LogP contribution in [0.4, 0.5) is 0 Å². The number of rotatable bonds is 12. The normalized spacial score (nSPS) is 10.6. The van der Waals surface area contributed by atoms with Gasteiger partial charge in [0.05, 0.1) is 19.9 Å². The van der Waals surface area contributed by atoms with Crippen LogP contribution in [0.5, 0.6) is 23.0 Å². The monoisotopic (exact) mass is 477 g/mol. The first-order valence-electron chi connectivity index (χ1n) is 10.9. The van der Waals surface area contributed by atoms with Gasteiger partial charge in [0, 0.05) is 5.56 Å². The maximum absolute atomic E-state index is 12.6. The van der Waals surface area contributed by atoms with Crippen LogP contribution in [0.2, 0.25) is 0 Å². The van der Waals surface area contributed by atoms with Crippen molar-refractivity contribution in [3.63, 3.8) is 0 Å². The molecular weight excluding hydrogens is 450 g/mol. The van der Waals surface area contributed by atoms with Gasteiger partial charge in [0.2, 0.25) is 0 Å². The van der Waals surface area contributed by atoms with Crippen molar-refractivity contribution in [1.82, 2.24) is 5.43 Å². The summed E-state index contributed by atoms with van der Waals surface area (Å²) in [6, 6.07) is 19.7. The van der Waals surface area contributed by atoms with E-state index in [-0.39, 0.29) is 6.61 Å². The van der Waals surface area contributed by atoms with Crippen LogP contribution >= 0.6 is 0 Å². The van der Waals surface area contributed by atoms with E-state index in [1.54, 1.807) is 36.4 Å². The zero-order valence-corrected chi connectivity index (χ0v) is 19.5. The minimum absolute atomic E-state index is 0.264. The lowest BCUT2D eigenvalue weighted by atomic mass is 10.2. The molecule has 3 aromatic carbocycles. The summed E-state index contributed by atoms with van der Waals surface area (Å²) in [7, 11) is 1.47. The average molecular weight is 478 g/mol. The predicted octanol–water partition coefficient (Wildman–Crippen LogP) is 3.30. The Balaban J connectivity index is 1.64. The summed E-state index contributed by atoms with van der Waals surface area (Å²) in [5, 5.41) is 4.00. The van der Waals surface area contributed by atoms with Gasteiger partial charge < -0.3 is 24.7 Å². The number of amides is 2. The number of nitrogens with zero attached hydrogens (tertiary/aromatic N) is 1. The molecule has 0 spiro atoms. The number of hydrogen-bond donors (Lipinski definition) is 2. The smallest absolute Gasteiger partial charge is 0.271 e. The van der Waals surface area contributed by atoms with E-state index in [2.05, 4.69) is 10.5 Å². The third kappa shape index (κ3) is 7.50.